The van der Waals surface area contributed by atoms with Gasteiger partial charge in [-0.2, -0.15) is 5.26 Å². The fourth-order valence-electron chi connectivity index (χ4n) is 2.77. The summed E-state index contributed by atoms with van der Waals surface area (Å²) in [5.41, 5.74) is 1.11. The molecule has 0 spiro atoms. The first-order valence-corrected chi connectivity index (χ1v) is 6.61. The molecule has 1 saturated carbocycles. The lowest BCUT2D eigenvalue weighted by Gasteiger charge is -2.27. The summed E-state index contributed by atoms with van der Waals surface area (Å²) in [6.45, 7) is 6.33. The molecule has 0 bridgehead atoms. The van der Waals surface area contributed by atoms with Crippen LogP contribution in [0.5, 0.6) is 0 Å². The van der Waals surface area contributed by atoms with Crippen LogP contribution in [-0.4, -0.2) is 4.57 Å². The van der Waals surface area contributed by atoms with Crippen molar-refractivity contribution < 1.29 is 0 Å². The highest BCUT2D eigenvalue weighted by molar-refractivity contribution is 5.30. The third-order valence-electron chi connectivity index (χ3n) is 3.70. The molecule has 1 aliphatic carbocycles. The Morgan fingerprint density at radius 3 is 2.39 bits per heavy atom. The van der Waals surface area contributed by atoms with Crippen LogP contribution in [-0.2, 0) is 5.41 Å². The van der Waals surface area contributed by atoms with Crippen molar-refractivity contribution in [2.45, 2.75) is 57.9 Å². The van der Waals surface area contributed by atoms with E-state index in [1.54, 1.807) is 6.07 Å². The molecule has 0 radical (unpaired) electrons. The molecule has 0 atom stereocenters. The first kappa shape index (κ1) is 12.9. The van der Waals surface area contributed by atoms with E-state index in [9.17, 15) is 4.79 Å². The number of nitriles is 1. The molecular formula is C15H20N2O. The highest BCUT2D eigenvalue weighted by Crippen LogP contribution is 2.32. The van der Waals surface area contributed by atoms with Gasteiger partial charge < -0.3 is 4.57 Å². The lowest BCUT2D eigenvalue weighted by atomic mass is 9.90. The molecule has 0 N–H and O–H groups in total. The van der Waals surface area contributed by atoms with Gasteiger partial charge in [0.2, 0.25) is 0 Å². The van der Waals surface area contributed by atoms with Gasteiger partial charge in [-0.15, -0.1) is 0 Å². The van der Waals surface area contributed by atoms with Crippen LogP contribution in [0.3, 0.4) is 0 Å². The Morgan fingerprint density at radius 1 is 1.28 bits per heavy atom. The van der Waals surface area contributed by atoms with Crippen LogP contribution in [0.25, 0.3) is 0 Å². The Hall–Kier alpha value is -1.56. The van der Waals surface area contributed by atoms with Crippen LogP contribution in [0.4, 0.5) is 0 Å². The van der Waals surface area contributed by atoms with Gasteiger partial charge in [0.1, 0.15) is 11.6 Å². The monoisotopic (exact) mass is 244 g/mol. The molecule has 0 saturated heterocycles. The predicted molar refractivity (Wildman–Crippen MR) is 71.6 cm³/mol. The summed E-state index contributed by atoms with van der Waals surface area (Å²) in [6, 6.07) is 5.89. The van der Waals surface area contributed by atoms with Gasteiger partial charge in [-0.1, -0.05) is 33.6 Å². The molecule has 96 valence electrons. The second-order valence-corrected chi connectivity index (χ2v) is 6.11. The molecule has 1 aromatic heterocycles. The normalized spacial score (nSPS) is 16.8. The number of pyridine rings is 1. The minimum atomic E-state index is -0.114. The predicted octanol–water partition coefficient (Wildman–Crippen LogP) is 3.13. The number of hydrogen-bond acceptors (Lipinski definition) is 2. The molecular weight excluding hydrogens is 224 g/mol. The van der Waals surface area contributed by atoms with Crippen molar-refractivity contribution in [3.63, 3.8) is 0 Å². The van der Waals surface area contributed by atoms with E-state index in [2.05, 4.69) is 20.8 Å². The van der Waals surface area contributed by atoms with Crippen LogP contribution < -0.4 is 5.56 Å². The van der Waals surface area contributed by atoms with Crippen molar-refractivity contribution >= 4 is 0 Å². The van der Waals surface area contributed by atoms with E-state index in [-0.39, 0.29) is 22.6 Å². The highest BCUT2D eigenvalue weighted by Gasteiger charge is 2.26. The van der Waals surface area contributed by atoms with E-state index in [4.69, 9.17) is 5.26 Å². The first-order valence-electron chi connectivity index (χ1n) is 6.61. The minimum Gasteiger partial charge on any atom is -0.308 e. The maximum absolute atomic E-state index is 12.4. The van der Waals surface area contributed by atoms with E-state index in [0.29, 0.717) is 0 Å². The van der Waals surface area contributed by atoms with Crippen molar-refractivity contribution in [3.8, 4) is 6.07 Å². The Balaban J connectivity index is 2.65. The zero-order chi connectivity index (χ0) is 13.3. The minimum absolute atomic E-state index is 0.0737. The van der Waals surface area contributed by atoms with Gasteiger partial charge >= 0.3 is 0 Å². The van der Waals surface area contributed by atoms with Crippen molar-refractivity contribution in [1.29, 1.82) is 5.26 Å². The fraction of sp³-hybridized carbons (Fsp3) is 0.600. The molecule has 0 amide bonds. The van der Waals surface area contributed by atoms with Crippen molar-refractivity contribution in [1.82, 2.24) is 4.57 Å². The Bertz CT molecular complexity index is 537. The highest BCUT2D eigenvalue weighted by atomic mass is 16.1. The number of hydrogen-bond donors (Lipinski definition) is 0. The van der Waals surface area contributed by atoms with Gasteiger partial charge in [0, 0.05) is 17.2 Å². The molecule has 1 heterocycles. The molecule has 1 aliphatic rings. The molecule has 3 heteroatoms. The fourth-order valence-corrected chi connectivity index (χ4v) is 2.77. The van der Waals surface area contributed by atoms with E-state index < -0.39 is 0 Å². The maximum atomic E-state index is 12.4. The SMILES string of the molecule is CC(C)(C)c1ccc(C#N)c(=O)n1C1CCCC1. The van der Waals surface area contributed by atoms with E-state index >= 15 is 0 Å². The Labute approximate surface area is 108 Å². The Kier molecular flexibility index (Phi) is 3.30. The molecule has 18 heavy (non-hydrogen) atoms. The molecule has 3 nitrogen and oxygen atoms in total. The molecule has 1 aromatic rings. The van der Waals surface area contributed by atoms with Gasteiger partial charge in [-0.3, -0.25) is 4.79 Å². The van der Waals surface area contributed by atoms with Gasteiger partial charge in [-0.05, 0) is 25.0 Å². The molecule has 0 aliphatic heterocycles. The standard InChI is InChI=1S/C15H20N2O/c1-15(2,3)13-9-8-11(10-16)14(18)17(13)12-6-4-5-7-12/h8-9,12H,4-7H2,1-3H3. The zero-order valence-corrected chi connectivity index (χ0v) is 11.4. The number of nitrogens with zero attached hydrogens (tertiary/aromatic N) is 2. The molecule has 0 unspecified atom stereocenters. The van der Waals surface area contributed by atoms with Crippen LogP contribution in [0.15, 0.2) is 16.9 Å². The van der Waals surface area contributed by atoms with Crippen molar-refractivity contribution in [2.75, 3.05) is 0 Å². The second-order valence-electron chi connectivity index (χ2n) is 6.11. The third kappa shape index (κ3) is 2.20. The maximum Gasteiger partial charge on any atom is 0.268 e. The van der Waals surface area contributed by atoms with Gasteiger partial charge in [0.15, 0.2) is 0 Å². The van der Waals surface area contributed by atoms with Crippen molar-refractivity contribution in [3.05, 3.63) is 33.7 Å². The summed E-state index contributed by atoms with van der Waals surface area (Å²) < 4.78 is 1.88. The summed E-state index contributed by atoms with van der Waals surface area (Å²) >= 11 is 0. The zero-order valence-electron chi connectivity index (χ0n) is 11.4. The summed E-state index contributed by atoms with van der Waals surface area (Å²) in [6.07, 6.45) is 4.46. The van der Waals surface area contributed by atoms with E-state index in [1.807, 2.05) is 16.7 Å². The smallest absolute Gasteiger partial charge is 0.268 e. The summed E-state index contributed by atoms with van der Waals surface area (Å²) in [7, 11) is 0. The van der Waals surface area contributed by atoms with Gasteiger partial charge in [0.05, 0.1) is 0 Å². The van der Waals surface area contributed by atoms with Crippen LogP contribution in [0.1, 0.15) is 63.8 Å². The van der Waals surface area contributed by atoms with Gasteiger partial charge in [0.25, 0.3) is 5.56 Å². The topological polar surface area (TPSA) is 45.8 Å². The largest absolute Gasteiger partial charge is 0.308 e. The van der Waals surface area contributed by atoms with Crippen LogP contribution >= 0.6 is 0 Å². The van der Waals surface area contributed by atoms with Crippen molar-refractivity contribution in [2.24, 2.45) is 0 Å². The third-order valence-corrected chi connectivity index (χ3v) is 3.70. The quantitative estimate of drug-likeness (QED) is 0.762. The summed E-state index contributed by atoms with van der Waals surface area (Å²) in [4.78, 5) is 12.4. The lowest BCUT2D eigenvalue weighted by Crippen LogP contribution is -2.33. The second kappa shape index (κ2) is 4.61. The van der Waals surface area contributed by atoms with Gasteiger partial charge in [-0.25, -0.2) is 0 Å². The first-order chi connectivity index (χ1) is 8.45. The summed E-state index contributed by atoms with van der Waals surface area (Å²) in [5.74, 6) is 0. The van der Waals surface area contributed by atoms with Crippen LogP contribution in [0, 0.1) is 11.3 Å². The average Bonchev–Trinajstić information content (AvgIpc) is 2.80. The molecule has 1 fully saturated rings. The molecule has 0 aromatic carbocycles. The lowest BCUT2D eigenvalue weighted by molar-refractivity contribution is 0.431. The number of aromatic nitrogens is 1. The van der Waals surface area contributed by atoms with Crippen LogP contribution in [0.2, 0.25) is 0 Å². The average molecular weight is 244 g/mol. The van der Waals surface area contributed by atoms with E-state index in [1.165, 1.54) is 12.8 Å². The summed E-state index contributed by atoms with van der Waals surface area (Å²) in [5, 5.41) is 9.02. The van der Waals surface area contributed by atoms with E-state index in [0.717, 1.165) is 18.5 Å². The molecule has 2 rings (SSSR count). The Morgan fingerprint density at radius 2 is 1.89 bits per heavy atom. The number of rotatable bonds is 1.